The Morgan fingerprint density at radius 3 is 1.04 bits per heavy atom. The minimum atomic E-state index is 0.673. The number of hydrogen-bond donors (Lipinski definition) is 0. The van der Waals surface area contributed by atoms with E-state index in [1.165, 1.54) is 54.1 Å². The molecule has 0 spiro atoms. The zero-order valence-electron chi connectivity index (χ0n) is 38.4. The first-order valence-electron chi connectivity index (χ1n) is 24.2. The predicted octanol–water partition coefficient (Wildman–Crippen LogP) is 17.1. The monoisotopic (exact) mass is 903 g/mol. The molecule has 11 aromatic carbocycles. The highest BCUT2D eigenvalue weighted by atomic mass is 15.0. The zero-order chi connectivity index (χ0) is 46.6. The van der Waals surface area contributed by atoms with Crippen molar-refractivity contribution in [3.63, 3.8) is 0 Å². The highest BCUT2D eigenvalue weighted by molar-refractivity contribution is 6.14. The summed E-state index contributed by atoms with van der Waals surface area (Å²) < 4.78 is 7.19. The summed E-state index contributed by atoms with van der Waals surface area (Å²) in [5, 5.41) is 12.0. The molecule has 0 unspecified atom stereocenters. The topological polar surface area (TPSA) is 40.6 Å². The van der Waals surface area contributed by atoms with Crippen molar-refractivity contribution in [1.82, 2.24) is 23.7 Å². The van der Waals surface area contributed by atoms with Gasteiger partial charge in [0.1, 0.15) is 0 Å². The Morgan fingerprint density at radius 2 is 0.592 bits per heavy atom. The third kappa shape index (κ3) is 6.06. The molecule has 4 aromatic heterocycles. The van der Waals surface area contributed by atoms with Crippen molar-refractivity contribution in [2.24, 2.45) is 0 Å². The second-order valence-corrected chi connectivity index (χ2v) is 18.5. The Balaban J connectivity index is 1.01. The van der Waals surface area contributed by atoms with Crippen LogP contribution in [0.1, 0.15) is 0 Å². The third-order valence-corrected chi connectivity index (χ3v) is 14.6. The number of rotatable bonds is 6. The molecule has 0 aliphatic carbocycles. The number of para-hydroxylation sites is 6. The third-order valence-electron chi connectivity index (χ3n) is 14.6. The van der Waals surface area contributed by atoms with Gasteiger partial charge in [0.2, 0.25) is 0 Å². The maximum Gasteiger partial charge on any atom is 0.161 e. The molecule has 0 saturated carbocycles. The van der Waals surface area contributed by atoms with Gasteiger partial charge in [0.05, 0.1) is 44.5 Å². The Kier molecular flexibility index (Phi) is 8.59. The van der Waals surface area contributed by atoms with E-state index in [1.54, 1.807) is 0 Å². The van der Waals surface area contributed by atoms with Crippen molar-refractivity contribution in [3.8, 4) is 51.0 Å². The summed E-state index contributed by atoms with van der Waals surface area (Å²) in [4.78, 5) is 11.2. The second-order valence-electron chi connectivity index (χ2n) is 18.5. The molecule has 0 bridgehead atoms. The van der Waals surface area contributed by atoms with E-state index in [1.807, 2.05) is 0 Å². The van der Waals surface area contributed by atoms with Gasteiger partial charge in [-0.3, -0.25) is 0 Å². The Morgan fingerprint density at radius 1 is 0.239 bits per heavy atom. The molecule has 15 rings (SSSR count). The van der Waals surface area contributed by atoms with E-state index in [4.69, 9.17) is 9.97 Å². The van der Waals surface area contributed by atoms with Gasteiger partial charge in [0, 0.05) is 66.1 Å². The quantitative estimate of drug-likeness (QED) is 0.156. The fourth-order valence-electron chi connectivity index (χ4n) is 11.5. The number of hydrogen-bond acceptors (Lipinski definition) is 2. The van der Waals surface area contributed by atoms with Crippen LogP contribution in [0.2, 0.25) is 0 Å². The largest absolute Gasteiger partial charge is 0.309 e. The van der Waals surface area contributed by atoms with Crippen LogP contribution in [0.4, 0.5) is 0 Å². The number of nitrogens with zero attached hydrogens (tertiary/aromatic N) is 5. The first kappa shape index (κ1) is 39.4. The Bertz CT molecular complexity index is 4350. The Labute approximate surface area is 408 Å². The van der Waals surface area contributed by atoms with Crippen LogP contribution in [0.5, 0.6) is 0 Å². The van der Waals surface area contributed by atoms with Crippen LogP contribution in [-0.2, 0) is 0 Å². The lowest BCUT2D eigenvalue weighted by atomic mass is 9.96. The molecule has 5 nitrogen and oxygen atoms in total. The molecule has 330 valence electrons. The summed E-state index contributed by atoms with van der Waals surface area (Å²) in [6.07, 6.45) is 0. The number of aromatic nitrogens is 5. The van der Waals surface area contributed by atoms with Crippen LogP contribution in [0, 0.1) is 0 Å². The fourth-order valence-corrected chi connectivity index (χ4v) is 11.5. The molecule has 0 aliphatic heterocycles. The van der Waals surface area contributed by atoms with Gasteiger partial charge in [-0.1, -0.05) is 170 Å². The SMILES string of the molecule is c1ccc2c(c1)cc(-c1nc(-c3ccc(-n4c5ccccc5c5ccccc54)cc3)cc(-c3cc(-n4c5ccccc5c5ccccc54)cc(-n4c5ccccc5c5ccccc54)c3)n1)c1ccccc12. The minimum absolute atomic E-state index is 0.673. The van der Waals surface area contributed by atoms with Crippen molar-refractivity contribution in [2.75, 3.05) is 0 Å². The van der Waals surface area contributed by atoms with Crippen LogP contribution >= 0.6 is 0 Å². The van der Waals surface area contributed by atoms with Gasteiger partial charge in [0.25, 0.3) is 0 Å². The minimum Gasteiger partial charge on any atom is -0.309 e. The molecule has 0 saturated heterocycles. The van der Waals surface area contributed by atoms with E-state index in [-0.39, 0.29) is 0 Å². The second kappa shape index (κ2) is 15.5. The molecule has 5 heteroatoms. The normalized spacial score (nSPS) is 11.9. The van der Waals surface area contributed by atoms with E-state index in [9.17, 15) is 0 Å². The van der Waals surface area contributed by atoms with Gasteiger partial charge in [0.15, 0.2) is 5.82 Å². The van der Waals surface area contributed by atoms with E-state index < -0.39 is 0 Å². The van der Waals surface area contributed by atoms with E-state index >= 15 is 0 Å². The van der Waals surface area contributed by atoms with Crippen LogP contribution < -0.4 is 0 Å². The van der Waals surface area contributed by atoms with Crippen molar-refractivity contribution < 1.29 is 0 Å². The average Bonchev–Trinajstić information content (AvgIpc) is 4.09. The van der Waals surface area contributed by atoms with Crippen molar-refractivity contribution in [1.29, 1.82) is 0 Å². The predicted molar refractivity (Wildman–Crippen MR) is 296 cm³/mol. The molecule has 15 aromatic rings. The summed E-state index contributed by atoms with van der Waals surface area (Å²) >= 11 is 0. The molecule has 0 fully saturated rings. The number of benzene rings is 11. The van der Waals surface area contributed by atoms with Crippen LogP contribution in [0.25, 0.3) is 138 Å². The van der Waals surface area contributed by atoms with Gasteiger partial charge < -0.3 is 13.7 Å². The van der Waals surface area contributed by atoms with Crippen LogP contribution in [0.15, 0.2) is 249 Å². The zero-order valence-corrected chi connectivity index (χ0v) is 38.4. The highest BCUT2D eigenvalue weighted by Crippen LogP contribution is 2.41. The standard InChI is InChI=1S/C66H41N5/c1-2-18-48-43(17-1)39-57(50-20-4-3-19-49(48)50)66-67-58(42-33-35-45(36-34-42)69-60-27-11-5-21-51(60)52-22-6-12-28-61(52)69)41-59(68-66)44-37-46(70-62-29-13-7-23-53(62)54-24-8-14-30-63(54)70)40-47(38-44)71-64-31-15-9-25-55(64)56-26-10-16-32-65(56)71/h1-41H. The molecule has 0 radical (unpaired) electrons. The maximum atomic E-state index is 5.64. The van der Waals surface area contributed by atoms with Gasteiger partial charge >= 0.3 is 0 Å². The molecule has 4 heterocycles. The summed E-state index contributed by atoms with van der Waals surface area (Å²) in [5.74, 6) is 0.673. The van der Waals surface area contributed by atoms with E-state index in [0.717, 1.165) is 78.0 Å². The summed E-state index contributed by atoms with van der Waals surface area (Å²) in [7, 11) is 0. The van der Waals surface area contributed by atoms with E-state index in [0.29, 0.717) is 5.82 Å². The smallest absolute Gasteiger partial charge is 0.161 e. The first-order chi connectivity index (χ1) is 35.2. The van der Waals surface area contributed by atoms with Crippen LogP contribution in [0.3, 0.4) is 0 Å². The molecule has 0 atom stereocenters. The Hall–Kier alpha value is -9.58. The molecule has 0 N–H and O–H groups in total. The fraction of sp³-hybridized carbons (Fsp3) is 0. The maximum absolute atomic E-state index is 5.64. The molecule has 0 aliphatic rings. The summed E-state index contributed by atoms with van der Waals surface area (Å²) in [5.41, 5.74) is 14.8. The molecule has 71 heavy (non-hydrogen) atoms. The lowest BCUT2D eigenvalue weighted by Crippen LogP contribution is -2.02. The van der Waals surface area contributed by atoms with Gasteiger partial charge in [-0.2, -0.15) is 0 Å². The molecular formula is C66H41N5. The number of fused-ring (bicyclic) bond motifs is 12. The van der Waals surface area contributed by atoms with Crippen molar-refractivity contribution in [2.45, 2.75) is 0 Å². The van der Waals surface area contributed by atoms with Gasteiger partial charge in [-0.05, 0) is 100 Å². The van der Waals surface area contributed by atoms with E-state index in [2.05, 4.69) is 262 Å². The molecular weight excluding hydrogens is 863 g/mol. The first-order valence-corrected chi connectivity index (χ1v) is 24.2. The van der Waals surface area contributed by atoms with Crippen LogP contribution in [-0.4, -0.2) is 23.7 Å². The van der Waals surface area contributed by atoms with Crippen molar-refractivity contribution in [3.05, 3.63) is 249 Å². The van der Waals surface area contributed by atoms with Gasteiger partial charge in [-0.15, -0.1) is 0 Å². The summed E-state index contributed by atoms with van der Waals surface area (Å²) in [6, 6.07) is 89.9. The highest BCUT2D eigenvalue weighted by Gasteiger charge is 2.21. The lowest BCUT2D eigenvalue weighted by molar-refractivity contribution is 1.13. The average molecular weight is 904 g/mol. The van der Waals surface area contributed by atoms with Gasteiger partial charge in [-0.25, -0.2) is 9.97 Å². The molecule has 0 amide bonds. The van der Waals surface area contributed by atoms with Crippen molar-refractivity contribution >= 4 is 87.0 Å². The summed E-state index contributed by atoms with van der Waals surface area (Å²) in [6.45, 7) is 0. The lowest BCUT2D eigenvalue weighted by Gasteiger charge is -2.17.